The number of benzene rings is 2. The van der Waals surface area contributed by atoms with E-state index < -0.39 is 54.0 Å². The third-order valence-corrected chi connectivity index (χ3v) is 6.71. The molecule has 0 bridgehead atoms. The maximum absolute atomic E-state index is 14.0. The first-order valence-electron chi connectivity index (χ1n) is 9.52. The summed E-state index contributed by atoms with van der Waals surface area (Å²) in [6.07, 6.45) is 5.36. The SMILES string of the molecule is O=C(c1ccncc1)c1cc(F)ccc1S(=O)(=O)c1ccc(F)cc1C(=O)c1ccncc1. The van der Waals surface area contributed by atoms with Gasteiger partial charge in [-0.2, -0.15) is 0 Å². The van der Waals surface area contributed by atoms with Gasteiger partial charge in [0.15, 0.2) is 11.6 Å². The lowest BCUT2D eigenvalue weighted by Crippen LogP contribution is -2.15. The minimum atomic E-state index is -4.55. The highest BCUT2D eigenvalue weighted by molar-refractivity contribution is 7.91. The van der Waals surface area contributed by atoms with E-state index in [9.17, 15) is 26.8 Å². The Kier molecular flexibility index (Phi) is 5.89. The summed E-state index contributed by atoms with van der Waals surface area (Å²) < 4.78 is 55.2. The average molecular weight is 464 g/mol. The van der Waals surface area contributed by atoms with Gasteiger partial charge >= 0.3 is 0 Å². The highest BCUT2D eigenvalue weighted by Gasteiger charge is 2.30. The Morgan fingerprint density at radius 2 is 0.970 bits per heavy atom. The number of hydrogen-bond donors (Lipinski definition) is 0. The van der Waals surface area contributed by atoms with Gasteiger partial charge in [0.25, 0.3) is 0 Å². The monoisotopic (exact) mass is 464 g/mol. The highest BCUT2D eigenvalue weighted by Crippen LogP contribution is 2.30. The molecule has 4 aromatic rings. The molecule has 6 nitrogen and oxygen atoms in total. The van der Waals surface area contributed by atoms with Crippen LogP contribution in [0, 0.1) is 11.6 Å². The summed E-state index contributed by atoms with van der Waals surface area (Å²) in [5.74, 6) is -3.14. The van der Waals surface area contributed by atoms with Gasteiger partial charge in [0.1, 0.15) is 11.6 Å². The summed E-state index contributed by atoms with van der Waals surface area (Å²) in [6.45, 7) is 0. The number of halogens is 2. The van der Waals surface area contributed by atoms with Gasteiger partial charge in [-0.05, 0) is 60.7 Å². The molecular weight excluding hydrogens is 450 g/mol. The standard InChI is InChI=1S/C24H14F2N2O4S/c25-17-1-3-21(19(13-17)23(29)15-5-9-27-10-6-15)33(31,32)22-4-2-18(26)14-20(22)24(30)16-7-11-28-12-8-16/h1-14H. The van der Waals surface area contributed by atoms with E-state index in [0.717, 1.165) is 36.4 Å². The van der Waals surface area contributed by atoms with Gasteiger partial charge in [0.2, 0.25) is 9.84 Å². The molecule has 9 heteroatoms. The molecule has 2 aromatic carbocycles. The van der Waals surface area contributed by atoms with Crippen molar-refractivity contribution in [2.75, 3.05) is 0 Å². The molecule has 4 rings (SSSR count). The van der Waals surface area contributed by atoms with E-state index in [-0.39, 0.29) is 11.1 Å². The van der Waals surface area contributed by atoms with E-state index in [1.807, 2.05) is 0 Å². The Labute approximate surface area is 187 Å². The molecule has 0 amide bonds. The first kappa shape index (κ1) is 22.1. The molecule has 2 aromatic heterocycles. The van der Waals surface area contributed by atoms with Gasteiger partial charge < -0.3 is 0 Å². The molecule has 0 radical (unpaired) electrons. The van der Waals surface area contributed by atoms with E-state index in [1.54, 1.807) is 0 Å². The number of pyridine rings is 2. The molecule has 0 saturated heterocycles. The maximum atomic E-state index is 14.0. The van der Waals surface area contributed by atoms with Crippen LogP contribution in [0.3, 0.4) is 0 Å². The van der Waals surface area contributed by atoms with Gasteiger partial charge in [0.05, 0.1) is 9.79 Å². The van der Waals surface area contributed by atoms with Crippen LogP contribution in [0.2, 0.25) is 0 Å². The average Bonchev–Trinajstić information content (AvgIpc) is 2.83. The quantitative estimate of drug-likeness (QED) is 0.316. The Hall–Kier alpha value is -4.11. The van der Waals surface area contributed by atoms with Crippen molar-refractivity contribution >= 4 is 21.4 Å². The third kappa shape index (κ3) is 4.31. The van der Waals surface area contributed by atoms with Crippen LogP contribution in [0.25, 0.3) is 0 Å². The van der Waals surface area contributed by atoms with Crippen LogP contribution in [-0.2, 0) is 9.84 Å². The largest absolute Gasteiger partial charge is 0.289 e. The van der Waals surface area contributed by atoms with Crippen molar-refractivity contribution in [3.63, 3.8) is 0 Å². The maximum Gasteiger partial charge on any atom is 0.208 e. The van der Waals surface area contributed by atoms with Crippen LogP contribution in [0.1, 0.15) is 31.8 Å². The Balaban J connectivity index is 1.91. The van der Waals surface area contributed by atoms with E-state index in [2.05, 4.69) is 9.97 Å². The summed E-state index contributed by atoms with van der Waals surface area (Å²) in [5.41, 5.74) is -0.654. The lowest BCUT2D eigenvalue weighted by atomic mass is 10.0. The number of hydrogen-bond acceptors (Lipinski definition) is 6. The molecule has 2 heterocycles. The number of carbonyl (C=O) groups is 2. The number of nitrogens with zero attached hydrogens (tertiary/aromatic N) is 2. The summed E-state index contributed by atoms with van der Waals surface area (Å²) in [4.78, 5) is 32.6. The first-order valence-corrected chi connectivity index (χ1v) is 11.0. The van der Waals surface area contributed by atoms with Crippen molar-refractivity contribution in [1.82, 2.24) is 9.97 Å². The molecule has 0 atom stereocenters. The fourth-order valence-electron chi connectivity index (χ4n) is 3.26. The Morgan fingerprint density at radius 1 is 0.606 bits per heavy atom. The van der Waals surface area contributed by atoms with Crippen molar-refractivity contribution in [3.8, 4) is 0 Å². The van der Waals surface area contributed by atoms with E-state index in [1.165, 1.54) is 49.1 Å². The van der Waals surface area contributed by atoms with E-state index in [0.29, 0.717) is 0 Å². The lowest BCUT2D eigenvalue weighted by molar-refractivity contribution is 0.102. The van der Waals surface area contributed by atoms with E-state index in [4.69, 9.17) is 0 Å². The second-order valence-corrected chi connectivity index (χ2v) is 8.80. The second kappa shape index (κ2) is 8.79. The van der Waals surface area contributed by atoms with Crippen molar-refractivity contribution in [3.05, 3.63) is 119 Å². The Morgan fingerprint density at radius 3 is 1.33 bits per heavy atom. The highest BCUT2D eigenvalue weighted by atomic mass is 32.2. The van der Waals surface area contributed by atoms with Gasteiger partial charge in [-0.3, -0.25) is 19.6 Å². The van der Waals surface area contributed by atoms with Crippen LogP contribution >= 0.6 is 0 Å². The van der Waals surface area contributed by atoms with Crippen molar-refractivity contribution < 1.29 is 26.8 Å². The molecule has 0 aliphatic heterocycles. The van der Waals surface area contributed by atoms with Gasteiger partial charge in [0, 0.05) is 47.0 Å². The fraction of sp³-hybridized carbons (Fsp3) is 0. The van der Waals surface area contributed by atoms with Crippen LogP contribution in [0.4, 0.5) is 8.78 Å². The van der Waals surface area contributed by atoms with E-state index >= 15 is 0 Å². The summed E-state index contributed by atoms with van der Waals surface area (Å²) in [6, 6.07) is 10.7. The molecule has 0 aliphatic rings. The first-order chi connectivity index (χ1) is 15.8. The van der Waals surface area contributed by atoms with Crippen LogP contribution in [0.15, 0.2) is 95.2 Å². The molecule has 33 heavy (non-hydrogen) atoms. The van der Waals surface area contributed by atoms with Gasteiger partial charge in [-0.25, -0.2) is 17.2 Å². The molecule has 0 unspecified atom stereocenters. The lowest BCUT2D eigenvalue weighted by Gasteiger charge is -2.13. The number of sulfone groups is 1. The zero-order valence-corrected chi connectivity index (χ0v) is 17.6. The number of carbonyl (C=O) groups excluding carboxylic acids is 2. The van der Waals surface area contributed by atoms with Crippen LogP contribution < -0.4 is 0 Å². The van der Waals surface area contributed by atoms with Crippen molar-refractivity contribution in [2.45, 2.75) is 9.79 Å². The van der Waals surface area contributed by atoms with Crippen LogP contribution in [-0.4, -0.2) is 30.0 Å². The number of rotatable bonds is 6. The van der Waals surface area contributed by atoms with Crippen LogP contribution in [0.5, 0.6) is 0 Å². The molecule has 0 spiro atoms. The second-order valence-electron chi connectivity index (χ2n) is 6.91. The smallest absolute Gasteiger partial charge is 0.208 e. The summed E-state index contributed by atoms with van der Waals surface area (Å²) in [7, 11) is -4.55. The minimum Gasteiger partial charge on any atom is -0.289 e. The zero-order valence-electron chi connectivity index (χ0n) is 16.8. The van der Waals surface area contributed by atoms with Crippen molar-refractivity contribution in [2.24, 2.45) is 0 Å². The molecule has 0 N–H and O–H groups in total. The van der Waals surface area contributed by atoms with Gasteiger partial charge in [-0.15, -0.1) is 0 Å². The predicted octanol–water partition coefficient (Wildman–Crippen LogP) is 4.05. The summed E-state index contributed by atoms with van der Waals surface area (Å²) in [5, 5.41) is 0. The van der Waals surface area contributed by atoms with Gasteiger partial charge in [-0.1, -0.05) is 0 Å². The zero-order chi connectivity index (χ0) is 23.6. The topological polar surface area (TPSA) is 94.1 Å². The molecule has 0 aliphatic carbocycles. The summed E-state index contributed by atoms with van der Waals surface area (Å²) >= 11 is 0. The molecule has 164 valence electrons. The minimum absolute atomic E-state index is 0.0965. The van der Waals surface area contributed by atoms with Crippen molar-refractivity contribution in [1.29, 1.82) is 0 Å². The molecule has 0 fully saturated rings. The molecule has 0 saturated carbocycles. The predicted molar refractivity (Wildman–Crippen MR) is 114 cm³/mol. The fourth-order valence-corrected chi connectivity index (χ4v) is 4.88. The number of ketones is 2. The normalized spacial score (nSPS) is 11.2. The number of aromatic nitrogens is 2. The third-order valence-electron chi connectivity index (χ3n) is 4.84. The molecular formula is C24H14F2N2O4S. The Bertz CT molecular complexity index is 1370.